The molecule has 3 aromatic rings. The molecule has 0 aliphatic heterocycles. The number of aliphatic carboxylic acids is 1. The third-order valence-corrected chi connectivity index (χ3v) is 9.67. The molecule has 9 heteroatoms. The molecule has 0 radical (unpaired) electrons. The molecule has 0 saturated heterocycles. The standard InChI is InChI=1S/C33H42N2O5S2/c1-24(2)18-21-42(39,40)35(19-16-26-11-6-5-7-12-26)23-27-14-15-29(30(22-27)28-13-9-8-10-25(28)3)32(36)34-31(33(37)38)17-20-41-4/h5-15,22,24,31H,16-21,23H2,1-4H3,(H,34,36)(H,37,38)/t31-/m0/s1. The Labute approximate surface area is 254 Å². The molecule has 1 atom stereocenters. The number of amides is 1. The van der Waals surface area contributed by atoms with Crippen molar-refractivity contribution in [3.8, 4) is 11.1 Å². The Morgan fingerprint density at radius 2 is 1.62 bits per heavy atom. The molecular formula is C33H42N2O5S2. The van der Waals surface area contributed by atoms with Crippen LogP contribution in [0.1, 0.15) is 53.7 Å². The van der Waals surface area contributed by atoms with Gasteiger partial charge in [-0.15, -0.1) is 0 Å². The van der Waals surface area contributed by atoms with Gasteiger partial charge in [0.2, 0.25) is 10.0 Å². The SMILES string of the molecule is CSCC[C@H](NC(=O)c1ccc(CN(CCc2ccccc2)S(=O)(=O)CCC(C)C)cc1-c1ccccc1C)C(=O)O. The maximum Gasteiger partial charge on any atom is 0.326 e. The highest BCUT2D eigenvalue weighted by Crippen LogP contribution is 2.29. The van der Waals surface area contributed by atoms with E-state index in [1.165, 1.54) is 11.8 Å². The number of carboxylic acid groups (broad SMARTS) is 1. The van der Waals surface area contributed by atoms with Gasteiger partial charge in [0.15, 0.2) is 0 Å². The third-order valence-electron chi connectivity index (χ3n) is 7.18. The lowest BCUT2D eigenvalue weighted by atomic mass is 9.93. The molecular weight excluding hydrogens is 569 g/mol. The fourth-order valence-corrected chi connectivity index (χ4v) is 6.86. The van der Waals surface area contributed by atoms with Crippen molar-refractivity contribution >= 4 is 33.7 Å². The van der Waals surface area contributed by atoms with Gasteiger partial charge in [0.05, 0.1) is 5.75 Å². The number of carboxylic acids is 1. The average molecular weight is 611 g/mol. The number of nitrogens with zero attached hydrogens (tertiary/aromatic N) is 1. The quantitative estimate of drug-likeness (QED) is 0.206. The van der Waals surface area contributed by atoms with Crippen LogP contribution in [0.2, 0.25) is 0 Å². The van der Waals surface area contributed by atoms with Gasteiger partial charge < -0.3 is 10.4 Å². The highest BCUT2D eigenvalue weighted by molar-refractivity contribution is 7.98. The zero-order chi connectivity index (χ0) is 30.7. The van der Waals surface area contributed by atoms with Crippen LogP contribution in [0.4, 0.5) is 0 Å². The minimum absolute atomic E-state index is 0.0667. The fraction of sp³-hybridized carbons (Fsp3) is 0.394. The largest absolute Gasteiger partial charge is 0.480 e. The van der Waals surface area contributed by atoms with Crippen LogP contribution in [0.25, 0.3) is 11.1 Å². The lowest BCUT2D eigenvalue weighted by Crippen LogP contribution is -2.41. The Hall–Kier alpha value is -3.14. The van der Waals surface area contributed by atoms with Gasteiger partial charge in [-0.05, 0) is 84.1 Å². The number of hydrogen-bond acceptors (Lipinski definition) is 5. The van der Waals surface area contributed by atoms with Crippen LogP contribution < -0.4 is 5.32 Å². The molecule has 7 nitrogen and oxygen atoms in total. The molecule has 0 heterocycles. The van der Waals surface area contributed by atoms with Crippen molar-refractivity contribution in [1.29, 1.82) is 0 Å². The van der Waals surface area contributed by atoms with E-state index in [0.717, 1.165) is 22.3 Å². The summed E-state index contributed by atoms with van der Waals surface area (Å²) in [5, 5.41) is 12.4. The summed E-state index contributed by atoms with van der Waals surface area (Å²) in [6.07, 6.45) is 3.35. The first-order valence-electron chi connectivity index (χ1n) is 14.2. The molecule has 0 aliphatic carbocycles. The van der Waals surface area contributed by atoms with Crippen LogP contribution in [0.3, 0.4) is 0 Å². The maximum atomic E-state index is 13.5. The molecule has 0 spiro atoms. The molecule has 0 aliphatic rings. The van der Waals surface area contributed by atoms with E-state index < -0.39 is 27.9 Å². The summed E-state index contributed by atoms with van der Waals surface area (Å²) in [6.45, 7) is 6.47. The lowest BCUT2D eigenvalue weighted by molar-refractivity contribution is -0.139. The van der Waals surface area contributed by atoms with E-state index in [-0.39, 0.29) is 18.2 Å². The predicted molar refractivity (Wildman–Crippen MR) is 172 cm³/mol. The second kappa shape index (κ2) is 15.9. The minimum Gasteiger partial charge on any atom is -0.480 e. The van der Waals surface area contributed by atoms with E-state index >= 15 is 0 Å². The highest BCUT2D eigenvalue weighted by Gasteiger charge is 2.25. The van der Waals surface area contributed by atoms with Gasteiger partial charge in [-0.25, -0.2) is 13.2 Å². The summed E-state index contributed by atoms with van der Waals surface area (Å²) in [6, 6.07) is 21.8. The number of aryl methyl sites for hydroxylation is 1. The van der Waals surface area contributed by atoms with Gasteiger partial charge in [-0.3, -0.25) is 4.79 Å². The number of rotatable bonds is 16. The summed E-state index contributed by atoms with van der Waals surface area (Å²) in [5.74, 6) is -0.625. The maximum absolute atomic E-state index is 13.5. The predicted octanol–water partition coefficient (Wildman–Crippen LogP) is 6.02. The minimum atomic E-state index is -3.55. The summed E-state index contributed by atoms with van der Waals surface area (Å²) >= 11 is 1.52. The van der Waals surface area contributed by atoms with E-state index in [4.69, 9.17) is 0 Å². The Bertz CT molecular complexity index is 1440. The first-order chi connectivity index (χ1) is 20.0. The van der Waals surface area contributed by atoms with Crippen molar-refractivity contribution in [3.05, 3.63) is 95.1 Å². The van der Waals surface area contributed by atoms with E-state index in [2.05, 4.69) is 5.32 Å². The molecule has 0 bridgehead atoms. The number of sulfonamides is 1. The molecule has 0 fully saturated rings. The molecule has 0 aromatic heterocycles. The number of nitrogens with one attached hydrogen (secondary N) is 1. The number of benzene rings is 3. The number of thioether (sulfide) groups is 1. The molecule has 42 heavy (non-hydrogen) atoms. The third kappa shape index (κ3) is 9.71. The first kappa shape index (κ1) is 33.4. The molecule has 3 rings (SSSR count). The molecule has 0 saturated carbocycles. The molecule has 2 N–H and O–H groups in total. The first-order valence-corrected chi connectivity index (χ1v) is 17.3. The summed E-state index contributed by atoms with van der Waals surface area (Å²) < 4.78 is 28.6. The monoisotopic (exact) mass is 610 g/mol. The number of carbonyl (C=O) groups excluding carboxylic acids is 1. The van der Waals surface area contributed by atoms with Gasteiger partial charge in [-0.1, -0.05) is 74.5 Å². The van der Waals surface area contributed by atoms with Crippen molar-refractivity contribution in [1.82, 2.24) is 9.62 Å². The van der Waals surface area contributed by atoms with Gasteiger partial charge in [0.25, 0.3) is 5.91 Å². The molecule has 226 valence electrons. The van der Waals surface area contributed by atoms with E-state index in [9.17, 15) is 23.1 Å². The molecule has 3 aromatic carbocycles. The van der Waals surface area contributed by atoms with Crippen LogP contribution in [-0.2, 0) is 27.8 Å². The van der Waals surface area contributed by atoms with Crippen LogP contribution in [-0.4, -0.2) is 60.1 Å². The fourth-order valence-electron chi connectivity index (χ4n) is 4.65. The van der Waals surface area contributed by atoms with Crippen molar-refractivity contribution in [2.75, 3.05) is 24.3 Å². The van der Waals surface area contributed by atoms with Crippen LogP contribution in [0, 0.1) is 12.8 Å². The van der Waals surface area contributed by atoms with Crippen LogP contribution >= 0.6 is 11.8 Å². The highest BCUT2D eigenvalue weighted by atomic mass is 32.2. The summed E-state index contributed by atoms with van der Waals surface area (Å²) in [5.41, 5.74) is 4.58. The van der Waals surface area contributed by atoms with Gasteiger partial charge in [0.1, 0.15) is 6.04 Å². The van der Waals surface area contributed by atoms with Crippen molar-refractivity contribution in [2.24, 2.45) is 5.92 Å². The zero-order valence-corrected chi connectivity index (χ0v) is 26.5. The molecule has 1 amide bonds. The van der Waals surface area contributed by atoms with Crippen molar-refractivity contribution in [2.45, 2.75) is 52.6 Å². The van der Waals surface area contributed by atoms with E-state index in [0.29, 0.717) is 42.7 Å². The second-order valence-electron chi connectivity index (χ2n) is 10.9. The Balaban J connectivity index is 1.99. The molecule has 0 unspecified atom stereocenters. The van der Waals surface area contributed by atoms with E-state index in [1.54, 1.807) is 16.4 Å². The average Bonchev–Trinajstić information content (AvgIpc) is 2.96. The van der Waals surface area contributed by atoms with E-state index in [1.807, 2.05) is 87.7 Å². The Kier molecular flexibility index (Phi) is 12.6. The topological polar surface area (TPSA) is 104 Å². The van der Waals surface area contributed by atoms with Crippen molar-refractivity contribution < 1.29 is 23.1 Å². The summed E-state index contributed by atoms with van der Waals surface area (Å²) in [4.78, 5) is 25.3. The number of hydrogen-bond donors (Lipinski definition) is 2. The van der Waals surface area contributed by atoms with Gasteiger partial charge in [-0.2, -0.15) is 16.1 Å². The Morgan fingerprint density at radius 3 is 2.26 bits per heavy atom. The number of carbonyl (C=O) groups is 2. The van der Waals surface area contributed by atoms with Crippen LogP contribution in [0.5, 0.6) is 0 Å². The lowest BCUT2D eigenvalue weighted by Gasteiger charge is -2.24. The normalized spacial score (nSPS) is 12.4. The van der Waals surface area contributed by atoms with Gasteiger partial charge >= 0.3 is 5.97 Å². The Morgan fingerprint density at radius 1 is 0.929 bits per heavy atom. The summed E-state index contributed by atoms with van der Waals surface area (Å²) in [7, 11) is -3.55. The smallest absolute Gasteiger partial charge is 0.326 e. The van der Waals surface area contributed by atoms with Crippen LogP contribution in [0.15, 0.2) is 72.8 Å². The second-order valence-corrected chi connectivity index (χ2v) is 14.0. The van der Waals surface area contributed by atoms with Gasteiger partial charge in [0, 0.05) is 18.7 Å². The van der Waals surface area contributed by atoms with Crippen molar-refractivity contribution in [3.63, 3.8) is 0 Å². The zero-order valence-electron chi connectivity index (χ0n) is 24.9.